The standard InChI is InChI=1S/C16H20FN3O2/c1-15(2)7-12(16(3,4)22-15)20-14(21)10-5-9(17)6-11-13(10)19-8-18-11/h5-6,8,12H,7H2,1-4H3,(H,18,19)(H,20,21). The molecule has 1 saturated heterocycles. The van der Waals surface area contributed by atoms with Crippen molar-refractivity contribution in [1.29, 1.82) is 0 Å². The maximum Gasteiger partial charge on any atom is 0.253 e. The zero-order valence-corrected chi connectivity index (χ0v) is 13.2. The van der Waals surface area contributed by atoms with Gasteiger partial charge in [0.05, 0.1) is 34.7 Å². The van der Waals surface area contributed by atoms with Gasteiger partial charge in [-0.2, -0.15) is 0 Å². The van der Waals surface area contributed by atoms with Gasteiger partial charge >= 0.3 is 0 Å². The molecule has 0 spiro atoms. The third-order valence-electron chi connectivity index (χ3n) is 4.11. The Morgan fingerprint density at radius 1 is 1.41 bits per heavy atom. The van der Waals surface area contributed by atoms with E-state index in [1.165, 1.54) is 18.5 Å². The summed E-state index contributed by atoms with van der Waals surface area (Å²) in [4.78, 5) is 19.5. The summed E-state index contributed by atoms with van der Waals surface area (Å²) in [6, 6.07) is 2.39. The number of ether oxygens (including phenoxy) is 1. The summed E-state index contributed by atoms with van der Waals surface area (Å²) in [6.45, 7) is 7.88. The molecule has 0 saturated carbocycles. The molecule has 2 aromatic rings. The molecule has 5 nitrogen and oxygen atoms in total. The molecule has 0 aliphatic carbocycles. The number of halogens is 1. The summed E-state index contributed by atoms with van der Waals surface area (Å²) in [5.41, 5.74) is 0.432. The summed E-state index contributed by atoms with van der Waals surface area (Å²) in [5, 5.41) is 2.97. The van der Waals surface area contributed by atoms with Gasteiger partial charge in [0, 0.05) is 0 Å². The van der Waals surface area contributed by atoms with Crippen molar-refractivity contribution in [2.75, 3.05) is 0 Å². The molecule has 1 amide bonds. The molecular formula is C16H20FN3O2. The summed E-state index contributed by atoms with van der Waals surface area (Å²) < 4.78 is 19.6. The fourth-order valence-electron chi connectivity index (χ4n) is 3.21. The minimum absolute atomic E-state index is 0.146. The van der Waals surface area contributed by atoms with Crippen molar-refractivity contribution in [3.8, 4) is 0 Å². The molecule has 1 fully saturated rings. The molecule has 1 aromatic heterocycles. The molecule has 1 aromatic carbocycles. The molecular weight excluding hydrogens is 285 g/mol. The van der Waals surface area contributed by atoms with Gasteiger partial charge in [0.25, 0.3) is 5.91 Å². The fraction of sp³-hybridized carbons (Fsp3) is 0.500. The topological polar surface area (TPSA) is 67.0 Å². The van der Waals surface area contributed by atoms with Crippen molar-refractivity contribution < 1.29 is 13.9 Å². The molecule has 0 radical (unpaired) electrons. The third-order valence-corrected chi connectivity index (χ3v) is 4.11. The lowest BCUT2D eigenvalue weighted by atomic mass is 9.94. The number of fused-ring (bicyclic) bond motifs is 1. The number of aromatic amines is 1. The molecule has 2 heterocycles. The van der Waals surface area contributed by atoms with Crippen LogP contribution in [0, 0.1) is 5.82 Å². The van der Waals surface area contributed by atoms with E-state index in [0.29, 0.717) is 17.5 Å². The van der Waals surface area contributed by atoms with Crippen molar-refractivity contribution in [2.45, 2.75) is 51.4 Å². The van der Waals surface area contributed by atoms with E-state index in [2.05, 4.69) is 15.3 Å². The second-order valence-electron chi connectivity index (χ2n) is 6.95. The van der Waals surface area contributed by atoms with Gasteiger partial charge in [-0.25, -0.2) is 9.37 Å². The predicted molar refractivity (Wildman–Crippen MR) is 81.2 cm³/mol. The Morgan fingerprint density at radius 2 is 2.14 bits per heavy atom. The SMILES string of the molecule is CC1(C)CC(NC(=O)c2cc(F)cc3[nH]cnc23)C(C)(C)O1. The van der Waals surface area contributed by atoms with Crippen LogP contribution in [0.5, 0.6) is 0 Å². The second-order valence-corrected chi connectivity index (χ2v) is 6.95. The molecule has 1 aliphatic heterocycles. The number of rotatable bonds is 2. The van der Waals surface area contributed by atoms with Gasteiger partial charge in [0.15, 0.2) is 0 Å². The Hall–Kier alpha value is -1.95. The lowest BCUT2D eigenvalue weighted by Gasteiger charge is -2.27. The second kappa shape index (κ2) is 4.78. The van der Waals surface area contributed by atoms with E-state index in [9.17, 15) is 9.18 Å². The van der Waals surface area contributed by atoms with Gasteiger partial charge in [-0.1, -0.05) is 0 Å². The number of nitrogens with zero attached hydrogens (tertiary/aromatic N) is 1. The molecule has 1 unspecified atom stereocenters. The van der Waals surface area contributed by atoms with Gasteiger partial charge in [-0.05, 0) is 46.2 Å². The Kier molecular flexibility index (Phi) is 3.25. The average Bonchev–Trinajstić information content (AvgIpc) is 2.89. The van der Waals surface area contributed by atoms with Crippen LogP contribution in [-0.2, 0) is 4.74 Å². The quantitative estimate of drug-likeness (QED) is 0.896. The highest BCUT2D eigenvalue weighted by Crippen LogP contribution is 2.37. The van der Waals surface area contributed by atoms with E-state index >= 15 is 0 Å². The summed E-state index contributed by atoms with van der Waals surface area (Å²) in [6.07, 6.45) is 2.15. The largest absolute Gasteiger partial charge is 0.367 e. The van der Waals surface area contributed by atoms with Crippen LogP contribution >= 0.6 is 0 Å². The smallest absolute Gasteiger partial charge is 0.253 e. The van der Waals surface area contributed by atoms with Crippen molar-refractivity contribution in [1.82, 2.24) is 15.3 Å². The van der Waals surface area contributed by atoms with Gasteiger partial charge in [-0.15, -0.1) is 0 Å². The van der Waals surface area contributed by atoms with Crippen LogP contribution in [-0.4, -0.2) is 33.1 Å². The van der Waals surface area contributed by atoms with E-state index in [4.69, 9.17) is 4.74 Å². The minimum Gasteiger partial charge on any atom is -0.367 e. The molecule has 3 rings (SSSR count). The predicted octanol–water partition coefficient (Wildman–Crippen LogP) is 2.78. The monoisotopic (exact) mass is 305 g/mol. The lowest BCUT2D eigenvalue weighted by molar-refractivity contribution is -0.0693. The van der Waals surface area contributed by atoms with E-state index in [1.807, 2.05) is 27.7 Å². The number of amides is 1. The van der Waals surface area contributed by atoms with Gasteiger partial charge in [0.1, 0.15) is 11.3 Å². The van der Waals surface area contributed by atoms with Crippen molar-refractivity contribution in [2.24, 2.45) is 0 Å². The van der Waals surface area contributed by atoms with Gasteiger partial charge < -0.3 is 15.0 Å². The first-order valence-corrected chi connectivity index (χ1v) is 7.32. The molecule has 22 heavy (non-hydrogen) atoms. The Balaban J connectivity index is 1.90. The van der Waals surface area contributed by atoms with Crippen molar-refractivity contribution in [3.63, 3.8) is 0 Å². The fourth-order valence-corrected chi connectivity index (χ4v) is 3.21. The highest BCUT2D eigenvalue weighted by Gasteiger charge is 2.46. The lowest BCUT2D eigenvalue weighted by Crippen LogP contribution is -2.46. The molecule has 118 valence electrons. The van der Waals surface area contributed by atoms with E-state index in [1.54, 1.807) is 0 Å². The molecule has 0 bridgehead atoms. The zero-order valence-electron chi connectivity index (χ0n) is 13.2. The van der Waals surface area contributed by atoms with Crippen LogP contribution in [0.2, 0.25) is 0 Å². The zero-order chi connectivity index (χ0) is 16.1. The number of carbonyl (C=O) groups excluding carboxylic acids is 1. The van der Waals surface area contributed by atoms with Crippen LogP contribution in [0.15, 0.2) is 18.5 Å². The third kappa shape index (κ3) is 2.59. The number of benzene rings is 1. The van der Waals surface area contributed by atoms with Gasteiger partial charge in [0.2, 0.25) is 0 Å². The number of nitrogens with one attached hydrogen (secondary N) is 2. The van der Waals surface area contributed by atoms with E-state index in [0.717, 1.165) is 0 Å². The molecule has 1 aliphatic rings. The minimum atomic E-state index is -0.475. The first-order valence-electron chi connectivity index (χ1n) is 7.32. The first kappa shape index (κ1) is 15.0. The average molecular weight is 305 g/mol. The number of imidazole rings is 1. The van der Waals surface area contributed by atoms with E-state index in [-0.39, 0.29) is 23.1 Å². The summed E-state index contributed by atoms with van der Waals surface area (Å²) in [7, 11) is 0. The Morgan fingerprint density at radius 3 is 2.77 bits per heavy atom. The van der Waals surface area contributed by atoms with Crippen LogP contribution in [0.3, 0.4) is 0 Å². The molecule has 1 atom stereocenters. The molecule has 2 N–H and O–H groups in total. The maximum absolute atomic E-state index is 13.7. The summed E-state index contributed by atoms with van der Waals surface area (Å²) >= 11 is 0. The Bertz CT molecular complexity index is 736. The number of hydrogen-bond acceptors (Lipinski definition) is 3. The van der Waals surface area contributed by atoms with Crippen molar-refractivity contribution >= 4 is 16.9 Å². The Labute approximate surface area is 128 Å². The number of hydrogen-bond donors (Lipinski definition) is 2. The first-order chi connectivity index (χ1) is 10.2. The van der Waals surface area contributed by atoms with Crippen LogP contribution in [0.25, 0.3) is 11.0 Å². The number of H-pyrrole nitrogens is 1. The highest BCUT2D eigenvalue weighted by molar-refractivity contribution is 6.05. The van der Waals surface area contributed by atoms with Crippen molar-refractivity contribution in [3.05, 3.63) is 29.8 Å². The van der Waals surface area contributed by atoms with Crippen LogP contribution < -0.4 is 5.32 Å². The maximum atomic E-state index is 13.7. The summed E-state index contributed by atoms with van der Waals surface area (Å²) in [5.74, 6) is -0.805. The highest BCUT2D eigenvalue weighted by atomic mass is 19.1. The van der Waals surface area contributed by atoms with Crippen LogP contribution in [0.4, 0.5) is 4.39 Å². The number of carbonyl (C=O) groups is 1. The van der Waals surface area contributed by atoms with E-state index < -0.39 is 11.4 Å². The van der Waals surface area contributed by atoms with Crippen LogP contribution in [0.1, 0.15) is 44.5 Å². The number of aromatic nitrogens is 2. The molecule has 6 heteroatoms. The van der Waals surface area contributed by atoms with Gasteiger partial charge in [-0.3, -0.25) is 4.79 Å². The normalized spacial score (nSPS) is 22.9.